The van der Waals surface area contributed by atoms with Crippen LogP contribution in [0.4, 0.5) is 0 Å². The molecule has 0 saturated carbocycles. The van der Waals surface area contributed by atoms with Gasteiger partial charge in [-0.3, -0.25) is 4.79 Å². The second kappa shape index (κ2) is 18.0. The first-order valence-electron chi connectivity index (χ1n) is 20.1. The first-order valence-corrected chi connectivity index (χ1v) is 25.9. The van der Waals surface area contributed by atoms with E-state index in [1.54, 1.807) is 21.3 Å². The van der Waals surface area contributed by atoms with Gasteiger partial charge in [-0.1, -0.05) is 84.0 Å². The second-order valence-electron chi connectivity index (χ2n) is 18.7. The normalized spacial score (nSPS) is 18.9. The molecule has 56 heavy (non-hydrogen) atoms. The van der Waals surface area contributed by atoms with E-state index in [9.17, 15) is 0 Å². The Hall–Kier alpha value is -2.78. The third-order valence-corrected chi connectivity index (χ3v) is 21.0. The van der Waals surface area contributed by atoms with Gasteiger partial charge < -0.3 is 37.3 Å². The molecule has 9 nitrogen and oxygen atoms in total. The van der Waals surface area contributed by atoms with Crippen molar-refractivity contribution >= 4 is 33.2 Å². The number of methoxy groups -OCH3 is 3. The molecule has 11 heteroatoms. The van der Waals surface area contributed by atoms with E-state index < -0.39 is 34.6 Å². The Morgan fingerprint density at radius 2 is 1.41 bits per heavy atom. The lowest BCUT2D eigenvalue weighted by molar-refractivity contribution is -0.145. The van der Waals surface area contributed by atoms with E-state index in [1.165, 1.54) is 0 Å². The van der Waals surface area contributed by atoms with Crippen LogP contribution in [-0.2, 0) is 36.1 Å². The summed E-state index contributed by atoms with van der Waals surface area (Å²) in [6.07, 6.45) is -0.510. The molecule has 4 rings (SSSR count). The molecule has 0 aliphatic carbocycles. The summed E-state index contributed by atoms with van der Waals surface area (Å²) in [5.41, 5.74) is 2.18. The molecule has 0 bridgehead atoms. The van der Waals surface area contributed by atoms with Gasteiger partial charge in [0.15, 0.2) is 34.3 Å². The molecule has 1 aliphatic rings. The minimum atomic E-state index is -2.30. The first-order chi connectivity index (χ1) is 26.0. The van der Waals surface area contributed by atoms with E-state index >= 15 is 4.79 Å². The number of ether oxygens (including phenoxy) is 6. The molecule has 3 aromatic carbocycles. The van der Waals surface area contributed by atoms with Crippen molar-refractivity contribution in [1.82, 2.24) is 0 Å². The van der Waals surface area contributed by atoms with Crippen molar-refractivity contribution < 1.29 is 42.1 Å². The van der Waals surface area contributed by atoms with E-state index in [0.29, 0.717) is 66.2 Å². The van der Waals surface area contributed by atoms with Crippen LogP contribution in [0.3, 0.4) is 0 Å². The van der Waals surface area contributed by atoms with Gasteiger partial charge in [0.2, 0.25) is 0 Å². The molecule has 0 unspecified atom stereocenters. The van der Waals surface area contributed by atoms with Gasteiger partial charge in [-0.2, -0.15) is 0 Å². The number of carbonyl (C=O) groups excluding carboxylic acids is 1. The molecule has 1 saturated heterocycles. The summed E-state index contributed by atoms with van der Waals surface area (Å²) >= 11 is 0. The highest BCUT2D eigenvalue weighted by Crippen LogP contribution is 2.48. The molecule has 312 valence electrons. The van der Waals surface area contributed by atoms with Crippen LogP contribution in [-0.4, -0.2) is 80.6 Å². The molecule has 0 amide bonds. The minimum absolute atomic E-state index is 0.0291. The van der Waals surface area contributed by atoms with Crippen molar-refractivity contribution in [3.05, 3.63) is 65.2 Å². The maximum Gasteiger partial charge on any atom is 0.198 e. The lowest BCUT2D eigenvalue weighted by atomic mass is 9.88. The third kappa shape index (κ3) is 10.6. The summed E-state index contributed by atoms with van der Waals surface area (Å²) in [6.45, 7) is 29.1. The van der Waals surface area contributed by atoms with Crippen molar-refractivity contribution in [2.75, 3.05) is 27.9 Å². The topological polar surface area (TPSA) is 90.9 Å². The number of benzene rings is 3. The van der Waals surface area contributed by atoms with Crippen LogP contribution in [0.5, 0.6) is 17.2 Å². The van der Waals surface area contributed by atoms with Gasteiger partial charge in [-0.05, 0) is 75.1 Å². The zero-order valence-corrected chi connectivity index (χ0v) is 39.1. The molecule has 3 aromatic rings. The molecule has 1 heterocycles. The predicted molar refractivity (Wildman–Crippen MR) is 231 cm³/mol. The van der Waals surface area contributed by atoms with Gasteiger partial charge in [0.1, 0.15) is 17.2 Å². The zero-order valence-electron chi connectivity index (χ0n) is 37.1. The lowest BCUT2D eigenvalue weighted by Crippen LogP contribution is -2.45. The van der Waals surface area contributed by atoms with E-state index in [2.05, 4.69) is 86.8 Å². The molecule has 4 atom stereocenters. The van der Waals surface area contributed by atoms with Crippen molar-refractivity contribution in [3.8, 4) is 17.2 Å². The molecular weight excluding hydrogens is 741 g/mol. The number of rotatable bonds is 18. The van der Waals surface area contributed by atoms with Crippen LogP contribution in [0, 0.1) is 0 Å². The van der Waals surface area contributed by atoms with Crippen LogP contribution in [0.1, 0.15) is 96.6 Å². The number of hydrogen-bond acceptors (Lipinski definition) is 9. The predicted octanol–water partition coefficient (Wildman–Crippen LogP) is 10.9. The molecule has 0 N–H and O–H groups in total. The average Bonchev–Trinajstić information content (AvgIpc) is 3.40. The van der Waals surface area contributed by atoms with Crippen molar-refractivity contribution in [2.45, 2.75) is 155 Å². The van der Waals surface area contributed by atoms with Crippen LogP contribution < -0.4 is 14.2 Å². The Morgan fingerprint density at radius 1 is 0.804 bits per heavy atom. The standard InChI is InChI=1S/C45H70O9Si2/c1-30(53-55(13,14)43(2,3)4)27-36-41(52-45(8,9)51-36)39(46)38-34(40(48-11)33-23-20-24-35(47-10)37(33)42(38)49-12)28-32(54-56(15,16)44(5,6)7)25-26-50-29-31-21-18-17-19-22-31/h17-24,30,32,36,41H,25-29H2,1-16H3/t30-,32-,36-,41-/m1/s1. The Labute approximate surface area is 339 Å². The number of ketones is 1. The number of carbonyl (C=O) groups is 1. The van der Waals surface area contributed by atoms with Gasteiger partial charge in [0.25, 0.3) is 0 Å². The molecule has 0 spiro atoms. The third-order valence-electron chi connectivity index (χ3n) is 11.9. The summed E-state index contributed by atoms with van der Waals surface area (Å²) in [4.78, 5) is 15.5. The fraction of sp³-hybridized carbons (Fsp3) is 0.622. The molecule has 1 aliphatic heterocycles. The second-order valence-corrected chi connectivity index (χ2v) is 28.2. The Bertz CT molecular complexity index is 1780. The smallest absolute Gasteiger partial charge is 0.198 e. The van der Waals surface area contributed by atoms with Crippen LogP contribution in [0.25, 0.3) is 10.8 Å². The van der Waals surface area contributed by atoms with Crippen LogP contribution in [0.2, 0.25) is 36.3 Å². The van der Waals surface area contributed by atoms with Gasteiger partial charge in [0, 0.05) is 36.5 Å². The van der Waals surface area contributed by atoms with Crippen molar-refractivity contribution in [1.29, 1.82) is 0 Å². The summed E-state index contributed by atoms with van der Waals surface area (Å²) in [5, 5.41) is 1.41. The highest BCUT2D eigenvalue weighted by Gasteiger charge is 2.49. The number of hydrogen-bond donors (Lipinski definition) is 0. The minimum Gasteiger partial charge on any atom is -0.496 e. The maximum absolute atomic E-state index is 15.5. The SMILES string of the molecule is COc1c(C[C@@H](CCOCc2ccccc2)O[Si](C)(C)C(C)(C)C)c(C(=O)[C@@H]2OC(C)(C)O[C@@H]2C[C@@H](C)O[Si](C)(C)C(C)(C)C)c(OC)c2c(OC)cccc12. The molecule has 1 fully saturated rings. The quantitative estimate of drug-likeness (QED) is 0.0707. The van der Waals surface area contributed by atoms with Gasteiger partial charge in [-0.15, -0.1) is 0 Å². The van der Waals surface area contributed by atoms with Gasteiger partial charge in [0.05, 0.1) is 51.1 Å². The summed E-state index contributed by atoms with van der Waals surface area (Å²) in [5.74, 6) is 0.296. The lowest BCUT2D eigenvalue weighted by Gasteiger charge is -2.40. The average molecular weight is 811 g/mol. The van der Waals surface area contributed by atoms with Crippen LogP contribution >= 0.6 is 0 Å². The van der Waals surface area contributed by atoms with Gasteiger partial charge >= 0.3 is 0 Å². The van der Waals surface area contributed by atoms with E-state index in [1.807, 2.05) is 50.2 Å². The molecule has 0 radical (unpaired) electrons. The molecular formula is C45H70O9Si2. The van der Waals surface area contributed by atoms with E-state index in [4.69, 9.17) is 37.3 Å². The summed E-state index contributed by atoms with van der Waals surface area (Å²) in [6, 6.07) is 15.9. The fourth-order valence-corrected chi connectivity index (χ4v) is 9.83. The monoisotopic (exact) mass is 810 g/mol. The van der Waals surface area contributed by atoms with Gasteiger partial charge in [-0.25, -0.2) is 0 Å². The Kier molecular flexibility index (Phi) is 14.8. The first kappa shape index (κ1) is 45.9. The highest BCUT2D eigenvalue weighted by atomic mass is 28.4. The Morgan fingerprint density at radius 3 is 1.98 bits per heavy atom. The summed E-state index contributed by atoms with van der Waals surface area (Å²) < 4.78 is 51.7. The van der Waals surface area contributed by atoms with Crippen molar-refractivity contribution in [3.63, 3.8) is 0 Å². The Balaban J connectivity index is 1.86. The number of Topliss-reactive ketones (excluding diaryl/α,β-unsaturated/α-hetero) is 1. The fourth-order valence-electron chi connectivity index (χ4n) is 6.99. The van der Waals surface area contributed by atoms with Crippen molar-refractivity contribution in [2.24, 2.45) is 0 Å². The molecule has 0 aromatic heterocycles. The summed E-state index contributed by atoms with van der Waals surface area (Å²) in [7, 11) is 0.449. The maximum atomic E-state index is 15.5. The zero-order chi connectivity index (χ0) is 41.9. The van der Waals surface area contributed by atoms with E-state index in [0.717, 1.165) is 10.9 Å². The van der Waals surface area contributed by atoms with E-state index in [-0.39, 0.29) is 28.1 Å². The largest absolute Gasteiger partial charge is 0.496 e. The van der Waals surface area contributed by atoms with Crippen LogP contribution in [0.15, 0.2) is 48.5 Å². The highest BCUT2D eigenvalue weighted by molar-refractivity contribution is 6.74. The number of fused-ring (bicyclic) bond motifs is 1.